The van der Waals surface area contributed by atoms with E-state index in [-0.39, 0.29) is 11.3 Å². The van der Waals surface area contributed by atoms with Crippen molar-refractivity contribution >= 4 is 9.84 Å². The highest BCUT2D eigenvalue weighted by Crippen LogP contribution is 2.24. The molecular weight excluding hydrogens is 210 g/mol. The van der Waals surface area contributed by atoms with E-state index >= 15 is 0 Å². The molecule has 1 heterocycles. The zero-order valence-electron chi connectivity index (χ0n) is 9.83. The maximum atomic E-state index is 11.9. The molecule has 1 fully saturated rings. The van der Waals surface area contributed by atoms with Crippen molar-refractivity contribution in [3.8, 4) is 0 Å². The van der Waals surface area contributed by atoms with Gasteiger partial charge in [-0.15, -0.1) is 0 Å². The molecule has 0 aromatic carbocycles. The average Bonchev–Trinajstić information content (AvgIpc) is 2.20. The molecular formula is C11H23NO2S. The Balaban J connectivity index is 2.64. The van der Waals surface area contributed by atoms with E-state index in [0.29, 0.717) is 5.75 Å². The van der Waals surface area contributed by atoms with Crippen molar-refractivity contribution in [2.45, 2.75) is 56.7 Å². The maximum absolute atomic E-state index is 11.9. The summed E-state index contributed by atoms with van der Waals surface area (Å²) >= 11 is 0. The van der Waals surface area contributed by atoms with E-state index in [4.69, 9.17) is 0 Å². The van der Waals surface area contributed by atoms with Gasteiger partial charge in [-0.3, -0.25) is 0 Å². The Hall–Kier alpha value is -0.0900. The molecule has 0 amide bonds. The van der Waals surface area contributed by atoms with Crippen LogP contribution in [0.1, 0.15) is 45.4 Å². The van der Waals surface area contributed by atoms with Gasteiger partial charge in [-0.2, -0.15) is 0 Å². The molecule has 3 nitrogen and oxygen atoms in total. The van der Waals surface area contributed by atoms with Crippen LogP contribution in [0.4, 0.5) is 0 Å². The predicted octanol–water partition coefficient (Wildman–Crippen LogP) is 1.73. The van der Waals surface area contributed by atoms with Gasteiger partial charge in [0.05, 0.1) is 11.0 Å². The first-order valence-electron chi connectivity index (χ1n) is 6.00. The van der Waals surface area contributed by atoms with Gasteiger partial charge in [-0.1, -0.05) is 26.2 Å². The van der Waals surface area contributed by atoms with E-state index in [2.05, 4.69) is 12.2 Å². The van der Waals surface area contributed by atoms with Gasteiger partial charge in [0.25, 0.3) is 0 Å². The summed E-state index contributed by atoms with van der Waals surface area (Å²) in [6.45, 7) is 2.14. The van der Waals surface area contributed by atoms with Gasteiger partial charge in [0.2, 0.25) is 0 Å². The Morgan fingerprint density at radius 2 is 2.13 bits per heavy atom. The van der Waals surface area contributed by atoms with Crippen LogP contribution in [0.2, 0.25) is 0 Å². The third-order valence-corrected chi connectivity index (χ3v) is 5.66. The molecule has 1 aliphatic rings. The summed E-state index contributed by atoms with van der Waals surface area (Å²) in [6.07, 6.45) is 5.98. The van der Waals surface area contributed by atoms with Crippen molar-refractivity contribution in [3.05, 3.63) is 0 Å². The molecule has 2 atom stereocenters. The normalized spacial score (nSPS) is 27.5. The van der Waals surface area contributed by atoms with Crippen LogP contribution in [0.25, 0.3) is 0 Å². The lowest BCUT2D eigenvalue weighted by Crippen LogP contribution is -2.45. The summed E-state index contributed by atoms with van der Waals surface area (Å²) in [7, 11) is -0.948. The van der Waals surface area contributed by atoms with Crippen molar-refractivity contribution < 1.29 is 8.42 Å². The van der Waals surface area contributed by atoms with Crippen molar-refractivity contribution in [1.82, 2.24) is 5.32 Å². The van der Waals surface area contributed by atoms with Crippen molar-refractivity contribution in [3.63, 3.8) is 0 Å². The molecule has 1 aliphatic heterocycles. The zero-order valence-corrected chi connectivity index (χ0v) is 10.6. The fourth-order valence-electron chi connectivity index (χ4n) is 2.37. The molecule has 0 aromatic heterocycles. The van der Waals surface area contributed by atoms with Crippen LogP contribution in [0.3, 0.4) is 0 Å². The van der Waals surface area contributed by atoms with Crippen LogP contribution in [0, 0.1) is 0 Å². The van der Waals surface area contributed by atoms with E-state index in [1.54, 1.807) is 0 Å². The second kappa shape index (κ2) is 5.85. The summed E-state index contributed by atoms with van der Waals surface area (Å²) < 4.78 is 23.8. The lowest BCUT2D eigenvalue weighted by molar-refractivity contribution is 0.429. The number of hydrogen-bond acceptors (Lipinski definition) is 3. The quantitative estimate of drug-likeness (QED) is 0.786. The molecule has 4 heteroatoms. The number of nitrogens with one attached hydrogen (secondary N) is 1. The Kier molecular flexibility index (Phi) is 5.06. The molecule has 2 unspecified atom stereocenters. The van der Waals surface area contributed by atoms with Gasteiger partial charge in [-0.25, -0.2) is 8.42 Å². The minimum atomic E-state index is -2.83. The molecule has 0 spiro atoms. The molecule has 0 radical (unpaired) electrons. The molecule has 15 heavy (non-hydrogen) atoms. The van der Waals surface area contributed by atoms with Crippen LogP contribution >= 0.6 is 0 Å². The second-order valence-electron chi connectivity index (χ2n) is 4.44. The molecule has 0 aliphatic carbocycles. The van der Waals surface area contributed by atoms with Crippen LogP contribution < -0.4 is 5.32 Å². The second-order valence-corrected chi connectivity index (χ2v) is 6.78. The smallest absolute Gasteiger partial charge is 0.154 e. The van der Waals surface area contributed by atoms with E-state index in [9.17, 15) is 8.42 Å². The molecule has 1 saturated heterocycles. The highest BCUT2D eigenvalue weighted by Gasteiger charge is 2.34. The monoisotopic (exact) mass is 233 g/mol. The van der Waals surface area contributed by atoms with Crippen LogP contribution in [0.5, 0.6) is 0 Å². The molecule has 0 saturated carbocycles. The van der Waals surface area contributed by atoms with Crippen molar-refractivity contribution in [2.75, 3.05) is 12.8 Å². The number of hydrogen-bond donors (Lipinski definition) is 1. The minimum absolute atomic E-state index is 0.136. The van der Waals surface area contributed by atoms with E-state index in [1.807, 2.05) is 7.05 Å². The van der Waals surface area contributed by atoms with E-state index in [0.717, 1.165) is 38.5 Å². The Morgan fingerprint density at radius 1 is 1.40 bits per heavy atom. The molecule has 0 aromatic rings. The fourth-order valence-corrected chi connectivity index (χ4v) is 4.58. The first-order valence-corrected chi connectivity index (χ1v) is 7.72. The van der Waals surface area contributed by atoms with Crippen molar-refractivity contribution in [2.24, 2.45) is 0 Å². The molecule has 90 valence electrons. The fraction of sp³-hybridized carbons (Fsp3) is 1.00. The Labute approximate surface area is 93.6 Å². The third kappa shape index (κ3) is 3.45. The van der Waals surface area contributed by atoms with Gasteiger partial charge >= 0.3 is 0 Å². The molecule has 0 bridgehead atoms. The maximum Gasteiger partial charge on any atom is 0.154 e. The number of unbranched alkanes of at least 4 members (excludes halogenated alkanes) is 1. The van der Waals surface area contributed by atoms with Gasteiger partial charge in [0, 0.05) is 6.04 Å². The molecule has 1 N–H and O–H groups in total. The van der Waals surface area contributed by atoms with Crippen LogP contribution in [-0.4, -0.2) is 32.5 Å². The Morgan fingerprint density at radius 3 is 2.67 bits per heavy atom. The van der Waals surface area contributed by atoms with Gasteiger partial charge in [-0.05, 0) is 26.3 Å². The topological polar surface area (TPSA) is 46.2 Å². The standard InChI is InChI=1S/C11H23NO2S/c1-3-4-7-10(12-2)11-8-5-6-9-15(11,13)14/h10-12H,3-9H2,1-2H3. The average molecular weight is 233 g/mol. The van der Waals surface area contributed by atoms with Gasteiger partial charge in [0.15, 0.2) is 9.84 Å². The van der Waals surface area contributed by atoms with Crippen LogP contribution in [0.15, 0.2) is 0 Å². The lowest BCUT2D eigenvalue weighted by Gasteiger charge is -2.29. The highest BCUT2D eigenvalue weighted by atomic mass is 32.2. The van der Waals surface area contributed by atoms with E-state index < -0.39 is 9.84 Å². The van der Waals surface area contributed by atoms with Crippen molar-refractivity contribution in [1.29, 1.82) is 0 Å². The molecule has 1 rings (SSSR count). The summed E-state index contributed by atoms with van der Waals surface area (Å²) in [5.41, 5.74) is 0. The van der Waals surface area contributed by atoms with Gasteiger partial charge < -0.3 is 5.32 Å². The number of rotatable bonds is 5. The SMILES string of the molecule is CCCCC(NC)C1CCCCS1(=O)=O. The lowest BCUT2D eigenvalue weighted by atomic mass is 10.0. The first-order chi connectivity index (χ1) is 7.11. The third-order valence-electron chi connectivity index (χ3n) is 3.32. The number of sulfone groups is 1. The largest absolute Gasteiger partial charge is 0.316 e. The summed E-state index contributed by atoms with van der Waals surface area (Å²) in [6, 6.07) is 0.162. The summed E-state index contributed by atoms with van der Waals surface area (Å²) in [5, 5.41) is 3.05. The highest BCUT2D eigenvalue weighted by molar-refractivity contribution is 7.92. The summed E-state index contributed by atoms with van der Waals surface area (Å²) in [5.74, 6) is 0.391. The van der Waals surface area contributed by atoms with Crippen LogP contribution in [-0.2, 0) is 9.84 Å². The first kappa shape index (κ1) is 13.0. The van der Waals surface area contributed by atoms with Gasteiger partial charge in [0.1, 0.15) is 0 Å². The zero-order chi connectivity index (χ0) is 11.3. The summed E-state index contributed by atoms with van der Waals surface area (Å²) in [4.78, 5) is 0. The minimum Gasteiger partial charge on any atom is -0.316 e. The van der Waals surface area contributed by atoms with E-state index in [1.165, 1.54) is 0 Å². The predicted molar refractivity (Wildman–Crippen MR) is 63.8 cm³/mol. The Bertz CT molecular complexity index is 274.